The molecule has 1 aromatic rings. The first-order chi connectivity index (χ1) is 10.1. The van der Waals surface area contributed by atoms with E-state index in [0.29, 0.717) is 6.04 Å². The molecule has 0 bridgehead atoms. The highest BCUT2D eigenvalue weighted by molar-refractivity contribution is 5.50. The molecule has 0 aromatic heterocycles. The second-order valence-corrected chi connectivity index (χ2v) is 6.30. The maximum atomic E-state index is 9.97. The van der Waals surface area contributed by atoms with Crippen LogP contribution in [0, 0.1) is 0 Å². The number of aliphatic hydroxyl groups excluding tert-OH is 1. The lowest BCUT2D eigenvalue weighted by Crippen LogP contribution is -2.37. The van der Waals surface area contributed by atoms with Crippen LogP contribution in [0.4, 0.5) is 5.69 Å². The molecule has 0 radical (unpaired) electrons. The lowest BCUT2D eigenvalue weighted by atomic mass is 10.1. The maximum absolute atomic E-state index is 9.97. The van der Waals surface area contributed by atoms with E-state index in [2.05, 4.69) is 60.4 Å². The summed E-state index contributed by atoms with van der Waals surface area (Å²) in [6.07, 6.45) is 1.81. The van der Waals surface area contributed by atoms with Gasteiger partial charge in [-0.1, -0.05) is 19.1 Å². The number of hydrogen-bond acceptors (Lipinski definition) is 4. The van der Waals surface area contributed by atoms with Gasteiger partial charge in [-0.15, -0.1) is 0 Å². The standard InChI is InChI=1S/C17H29N3O/c1-4-9-18-11-14-5-7-15(8-6-14)20-13-17(21)10-16(20)12-19(2)3/h5-8,16-18,21H,4,9-13H2,1-3H3. The molecule has 1 aliphatic rings. The Morgan fingerprint density at radius 1 is 1.29 bits per heavy atom. The lowest BCUT2D eigenvalue weighted by Gasteiger charge is -2.28. The summed E-state index contributed by atoms with van der Waals surface area (Å²) in [6.45, 7) is 5.89. The minimum Gasteiger partial charge on any atom is -0.391 e. The molecule has 0 amide bonds. The van der Waals surface area contributed by atoms with Crippen molar-refractivity contribution in [1.29, 1.82) is 0 Å². The van der Waals surface area contributed by atoms with Crippen LogP contribution in [0.2, 0.25) is 0 Å². The molecule has 1 heterocycles. The van der Waals surface area contributed by atoms with Crippen LogP contribution in [0.15, 0.2) is 24.3 Å². The van der Waals surface area contributed by atoms with E-state index in [-0.39, 0.29) is 6.10 Å². The molecule has 1 aliphatic heterocycles. The molecule has 2 rings (SSSR count). The topological polar surface area (TPSA) is 38.7 Å². The first kappa shape index (κ1) is 16.3. The number of hydrogen-bond donors (Lipinski definition) is 2. The quantitative estimate of drug-likeness (QED) is 0.750. The van der Waals surface area contributed by atoms with Gasteiger partial charge in [-0.3, -0.25) is 0 Å². The third-order valence-corrected chi connectivity index (χ3v) is 3.99. The van der Waals surface area contributed by atoms with E-state index in [1.807, 2.05) is 0 Å². The van der Waals surface area contributed by atoms with Gasteiger partial charge in [0.1, 0.15) is 0 Å². The Labute approximate surface area is 128 Å². The predicted octanol–water partition coefficient (Wildman–Crippen LogP) is 1.69. The van der Waals surface area contributed by atoms with Crippen LogP contribution in [-0.2, 0) is 6.54 Å². The number of likely N-dealkylation sites (N-methyl/N-ethyl adjacent to an activating group) is 1. The van der Waals surface area contributed by atoms with E-state index in [4.69, 9.17) is 0 Å². The fourth-order valence-electron chi connectivity index (χ4n) is 3.02. The van der Waals surface area contributed by atoms with Crippen molar-refractivity contribution >= 4 is 5.69 Å². The molecular formula is C17H29N3O. The van der Waals surface area contributed by atoms with Crippen LogP contribution in [0.3, 0.4) is 0 Å². The van der Waals surface area contributed by atoms with E-state index in [0.717, 1.165) is 39.0 Å². The minimum absolute atomic E-state index is 0.208. The molecule has 2 N–H and O–H groups in total. The smallest absolute Gasteiger partial charge is 0.0735 e. The Balaban J connectivity index is 1.99. The second kappa shape index (κ2) is 7.78. The van der Waals surface area contributed by atoms with Gasteiger partial charge in [0.2, 0.25) is 0 Å². The number of nitrogens with zero attached hydrogens (tertiary/aromatic N) is 2. The fraction of sp³-hybridized carbons (Fsp3) is 0.647. The third-order valence-electron chi connectivity index (χ3n) is 3.99. The summed E-state index contributed by atoms with van der Waals surface area (Å²) in [5, 5.41) is 13.4. The van der Waals surface area contributed by atoms with E-state index < -0.39 is 0 Å². The van der Waals surface area contributed by atoms with Crippen molar-refractivity contribution < 1.29 is 5.11 Å². The largest absolute Gasteiger partial charge is 0.391 e. The average Bonchev–Trinajstić information content (AvgIpc) is 2.80. The van der Waals surface area contributed by atoms with Gasteiger partial charge < -0.3 is 20.2 Å². The van der Waals surface area contributed by atoms with Gasteiger partial charge in [-0.25, -0.2) is 0 Å². The molecule has 4 nitrogen and oxygen atoms in total. The molecule has 0 saturated carbocycles. The maximum Gasteiger partial charge on any atom is 0.0735 e. The summed E-state index contributed by atoms with van der Waals surface area (Å²) >= 11 is 0. The molecule has 2 atom stereocenters. The number of aliphatic hydroxyl groups is 1. The number of β-amino-alcohol motifs (C(OH)–C–C–N with tert-alkyl or cyclic N) is 1. The molecule has 1 fully saturated rings. The van der Waals surface area contributed by atoms with E-state index in [9.17, 15) is 5.11 Å². The Morgan fingerprint density at radius 2 is 2.00 bits per heavy atom. The highest BCUT2D eigenvalue weighted by atomic mass is 16.3. The van der Waals surface area contributed by atoms with E-state index >= 15 is 0 Å². The zero-order chi connectivity index (χ0) is 15.2. The molecule has 2 unspecified atom stereocenters. The van der Waals surface area contributed by atoms with Crippen LogP contribution in [0.5, 0.6) is 0 Å². The first-order valence-corrected chi connectivity index (χ1v) is 7.99. The zero-order valence-corrected chi connectivity index (χ0v) is 13.5. The summed E-state index contributed by atoms with van der Waals surface area (Å²) in [7, 11) is 4.18. The van der Waals surface area contributed by atoms with Crippen LogP contribution in [-0.4, -0.2) is 55.9 Å². The minimum atomic E-state index is -0.208. The van der Waals surface area contributed by atoms with Crippen molar-refractivity contribution in [2.75, 3.05) is 38.6 Å². The Bertz CT molecular complexity index is 419. The average molecular weight is 291 g/mol. The van der Waals surface area contributed by atoms with Gasteiger partial charge in [-0.2, -0.15) is 0 Å². The summed E-state index contributed by atoms with van der Waals surface area (Å²) in [5.74, 6) is 0. The fourth-order valence-corrected chi connectivity index (χ4v) is 3.02. The Morgan fingerprint density at radius 3 is 2.62 bits per heavy atom. The van der Waals surface area contributed by atoms with Crippen molar-refractivity contribution in [3.63, 3.8) is 0 Å². The zero-order valence-electron chi connectivity index (χ0n) is 13.5. The normalized spacial score (nSPS) is 22.2. The van der Waals surface area contributed by atoms with Gasteiger partial charge in [0, 0.05) is 31.4 Å². The van der Waals surface area contributed by atoms with Crippen LogP contribution in [0.25, 0.3) is 0 Å². The number of anilines is 1. The van der Waals surface area contributed by atoms with Crippen LogP contribution in [0.1, 0.15) is 25.3 Å². The highest BCUT2D eigenvalue weighted by Crippen LogP contribution is 2.26. The van der Waals surface area contributed by atoms with Gasteiger partial charge in [0.15, 0.2) is 0 Å². The summed E-state index contributed by atoms with van der Waals surface area (Å²) < 4.78 is 0. The number of benzene rings is 1. The predicted molar refractivity (Wildman–Crippen MR) is 88.8 cm³/mol. The van der Waals surface area contributed by atoms with Crippen molar-refractivity contribution in [1.82, 2.24) is 10.2 Å². The van der Waals surface area contributed by atoms with E-state index in [1.54, 1.807) is 0 Å². The monoisotopic (exact) mass is 291 g/mol. The van der Waals surface area contributed by atoms with Gasteiger partial charge >= 0.3 is 0 Å². The highest BCUT2D eigenvalue weighted by Gasteiger charge is 2.31. The lowest BCUT2D eigenvalue weighted by molar-refractivity contribution is 0.191. The molecule has 1 aromatic carbocycles. The van der Waals surface area contributed by atoms with Crippen LogP contribution < -0.4 is 10.2 Å². The van der Waals surface area contributed by atoms with Gasteiger partial charge in [0.05, 0.1) is 6.10 Å². The summed E-state index contributed by atoms with van der Waals surface area (Å²) in [6, 6.07) is 9.15. The van der Waals surface area contributed by atoms with Crippen molar-refractivity contribution in [3.05, 3.63) is 29.8 Å². The molecule has 21 heavy (non-hydrogen) atoms. The molecule has 0 aliphatic carbocycles. The molecule has 1 saturated heterocycles. The third kappa shape index (κ3) is 4.70. The molecule has 4 heteroatoms. The molecule has 0 spiro atoms. The van der Waals surface area contributed by atoms with Gasteiger partial charge in [-0.05, 0) is 51.2 Å². The van der Waals surface area contributed by atoms with Crippen molar-refractivity contribution in [3.8, 4) is 0 Å². The van der Waals surface area contributed by atoms with Gasteiger partial charge in [0.25, 0.3) is 0 Å². The number of nitrogens with one attached hydrogen (secondary N) is 1. The SMILES string of the molecule is CCCNCc1ccc(N2CC(O)CC2CN(C)C)cc1. The Kier molecular flexibility index (Phi) is 6.03. The first-order valence-electron chi connectivity index (χ1n) is 7.99. The van der Waals surface area contributed by atoms with Crippen LogP contribution >= 0.6 is 0 Å². The number of rotatable bonds is 7. The van der Waals surface area contributed by atoms with E-state index in [1.165, 1.54) is 11.3 Å². The Hall–Kier alpha value is -1.10. The van der Waals surface area contributed by atoms with Crippen molar-refractivity contribution in [2.45, 2.75) is 38.5 Å². The second-order valence-electron chi connectivity index (χ2n) is 6.30. The summed E-state index contributed by atoms with van der Waals surface area (Å²) in [4.78, 5) is 4.53. The molecule has 118 valence electrons. The molecular weight excluding hydrogens is 262 g/mol. The summed E-state index contributed by atoms with van der Waals surface area (Å²) in [5.41, 5.74) is 2.54. The van der Waals surface area contributed by atoms with Crippen molar-refractivity contribution in [2.24, 2.45) is 0 Å².